The number of nitrogens with zero attached hydrogens (tertiary/aromatic N) is 2. The molecule has 0 N–H and O–H groups in total. The third-order valence-corrected chi connectivity index (χ3v) is 2.87. The Morgan fingerprint density at radius 2 is 1.95 bits per heavy atom. The van der Waals surface area contributed by atoms with Crippen molar-refractivity contribution in [3.8, 4) is 5.75 Å². The topological polar surface area (TPSA) is 99.4 Å². The highest BCUT2D eigenvalue weighted by Gasteiger charge is 2.39. The van der Waals surface area contributed by atoms with Crippen LogP contribution < -0.4 is 4.74 Å². The first-order chi connectivity index (χ1) is 8.42. The Morgan fingerprint density at radius 1 is 1.42 bits per heavy atom. The minimum absolute atomic E-state index is 0.0875. The monoisotopic (exact) mass is 324 g/mol. The predicted molar refractivity (Wildman–Crippen MR) is 50.6 cm³/mol. The van der Waals surface area contributed by atoms with Gasteiger partial charge < -0.3 is 14.9 Å². The largest absolute Gasteiger partial charge is 0.573 e. The van der Waals surface area contributed by atoms with Crippen molar-refractivity contribution >= 4 is 25.6 Å². The number of hydrogen-bond acceptors (Lipinski definition) is 6. The maximum atomic E-state index is 12.8. The van der Waals surface area contributed by atoms with E-state index in [1.165, 1.54) is 0 Å². The van der Waals surface area contributed by atoms with E-state index in [-0.39, 0.29) is 6.07 Å². The van der Waals surface area contributed by atoms with Crippen LogP contribution >= 0.6 is 10.7 Å². The number of ether oxygens (including phenoxy) is 1. The van der Waals surface area contributed by atoms with E-state index in [4.69, 9.17) is 10.7 Å². The van der Waals surface area contributed by atoms with Gasteiger partial charge in [-0.2, -0.15) is 4.39 Å². The van der Waals surface area contributed by atoms with Crippen molar-refractivity contribution < 1.29 is 35.6 Å². The summed E-state index contributed by atoms with van der Waals surface area (Å²) in [5.41, 5.74) is 0. The fourth-order valence-electron chi connectivity index (χ4n) is 1.02. The van der Waals surface area contributed by atoms with E-state index in [0.29, 0.717) is 0 Å². The molecule has 0 unspecified atom stereocenters. The highest BCUT2D eigenvalue weighted by Crippen LogP contribution is 2.37. The quantitative estimate of drug-likeness (QED) is 0.277. The van der Waals surface area contributed by atoms with Crippen LogP contribution in [0.1, 0.15) is 0 Å². The summed E-state index contributed by atoms with van der Waals surface area (Å²) in [6, 6.07) is -0.0875. The first-order valence-corrected chi connectivity index (χ1v) is 6.28. The lowest BCUT2D eigenvalue weighted by Crippen LogP contribution is -2.19. The molecule has 0 fully saturated rings. The number of rotatable bonds is 3. The molecule has 0 aliphatic rings. The fourth-order valence-corrected chi connectivity index (χ4v) is 2.14. The first kappa shape index (κ1) is 15.4. The van der Waals surface area contributed by atoms with Crippen LogP contribution in [0.4, 0.5) is 23.4 Å². The minimum Gasteiger partial charge on any atom is -0.404 e. The van der Waals surface area contributed by atoms with Gasteiger partial charge in [-0.15, -0.1) is 13.2 Å². The average molecular weight is 325 g/mol. The Hall–Kier alpha value is -1.69. The molecular formula is C6HClF4N2O5S. The summed E-state index contributed by atoms with van der Waals surface area (Å²) in [5.74, 6) is -5.13. The van der Waals surface area contributed by atoms with Crippen LogP contribution in [-0.2, 0) is 9.05 Å². The summed E-state index contributed by atoms with van der Waals surface area (Å²) in [6.45, 7) is 0. The molecule has 1 aromatic rings. The van der Waals surface area contributed by atoms with Crippen molar-refractivity contribution in [2.75, 3.05) is 0 Å². The lowest BCUT2D eigenvalue weighted by Gasteiger charge is -2.10. The van der Waals surface area contributed by atoms with Crippen molar-refractivity contribution in [2.45, 2.75) is 11.3 Å². The minimum atomic E-state index is -5.40. The third-order valence-electron chi connectivity index (χ3n) is 1.53. The van der Waals surface area contributed by atoms with Crippen LogP contribution in [0.3, 0.4) is 0 Å². The van der Waals surface area contributed by atoms with Gasteiger partial charge in [0.05, 0.1) is 6.07 Å². The van der Waals surface area contributed by atoms with Gasteiger partial charge in [-0.25, -0.2) is 8.42 Å². The molecule has 0 aromatic carbocycles. The fraction of sp³-hybridized carbons (Fsp3) is 0.167. The van der Waals surface area contributed by atoms with Crippen molar-refractivity contribution in [3.05, 3.63) is 22.1 Å². The zero-order valence-corrected chi connectivity index (χ0v) is 9.88. The summed E-state index contributed by atoms with van der Waals surface area (Å²) in [4.78, 5) is 9.81. The van der Waals surface area contributed by atoms with E-state index >= 15 is 0 Å². The molecule has 1 aromatic heterocycles. The van der Waals surface area contributed by atoms with E-state index in [9.17, 15) is 36.1 Å². The van der Waals surface area contributed by atoms with Crippen LogP contribution in [0.5, 0.6) is 5.75 Å². The van der Waals surface area contributed by atoms with Gasteiger partial charge >= 0.3 is 18.1 Å². The second kappa shape index (κ2) is 4.77. The van der Waals surface area contributed by atoms with Gasteiger partial charge in [0.1, 0.15) is 0 Å². The van der Waals surface area contributed by atoms with Crippen LogP contribution in [-0.4, -0.2) is 24.7 Å². The molecule has 0 atom stereocenters. The molecule has 0 bridgehead atoms. The maximum absolute atomic E-state index is 12.8. The van der Waals surface area contributed by atoms with E-state index in [1.807, 2.05) is 0 Å². The summed E-state index contributed by atoms with van der Waals surface area (Å²) in [7, 11) is -0.270. The van der Waals surface area contributed by atoms with Crippen LogP contribution in [0, 0.1) is 16.1 Å². The molecule has 19 heavy (non-hydrogen) atoms. The number of halogens is 5. The Bertz CT molecular complexity index is 631. The normalized spacial score (nSPS) is 12.3. The maximum Gasteiger partial charge on any atom is 0.573 e. The summed E-state index contributed by atoms with van der Waals surface area (Å²) >= 11 is 0. The number of hydrogen-bond donors (Lipinski definition) is 0. The molecule has 1 rings (SSSR count). The second-order valence-electron chi connectivity index (χ2n) is 2.84. The summed E-state index contributed by atoms with van der Waals surface area (Å²) in [6.07, 6.45) is -5.40. The highest BCUT2D eigenvalue weighted by atomic mass is 35.7. The molecule has 0 aliphatic heterocycles. The van der Waals surface area contributed by atoms with Crippen molar-refractivity contribution in [2.24, 2.45) is 0 Å². The Balaban J connectivity index is 3.66. The van der Waals surface area contributed by atoms with Gasteiger partial charge in [0.25, 0.3) is 9.05 Å². The zero-order valence-electron chi connectivity index (χ0n) is 8.31. The van der Waals surface area contributed by atoms with Crippen LogP contribution in [0.15, 0.2) is 11.0 Å². The number of aromatic nitrogens is 1. The molecule has 0 saturated heterocycles. The average Bonchev–Trinajstić information content (AvgIpc) is 2.10. The number of pyridine rings is 1. The van der Waals surface area contributed by atoms with E-state index in [1.54, 1.807) is 0 Å². The summed E-state index contributed by atoms with van der Waals surface area (Å²) in [5, 5.41) is 10.5. The van der Waals surface area contributed by atoms with Crippen molar-refractivity contribution in [1.29, 1.82) is 0 Å². The molecule has 1 heterocycles. The van der Waals surface area contributed by atoms with E-state index in [2.05, 4.69) is 9.72 Å². The van der Waals surface area contributed by atoms with Crippen LogP contribution in [0.25, 0.3) is 0 Å². The standard InChI is InChI=1S/C6HClF4N2O5S/c7-19(16,17)4-2(18-6(9,10)11)1-3(8)12-5(4)13(14)15/h1H. The molecule has 13 heteroatoms. The zero-order chi connectivity index (χ0) is 15.0. The first-order valence-electron chi connectivity index (χ1n) is 3.97. The van der Waals surface area contributed by atoms with Gasteiger partial charge in [0.15, 0.2) is 5.75 Å². The van der Waals surface area contributed by atoms with Crippen molar-refractivity contribution in [1.82, 2.24) is 4.98 Å². The molecule has 0 spiro atoms. The molecular weight excluding hydrogens is 324 g/mol. The molecule has 0 aliphatic carbocycles. The Labute approximate surface area is 106 Å². The van der Waals surface area contributed by atoms with E-state index in [0.717, 1.165) is 0 Å². The predicted octanol–water partition coefficient (Wildman–Crippen LogP) is 1.96. The van der Waals surface area contributed by atoms with Crippen LogP contribution in [0.2, 0.25) is 0 Å². The Kier molecular flexibility index (Phi) is 3.86. The van der Waals surface area contributed by atoms with E-state index < -0.39 is 42.7 Å². The molecule has 0 radical (unpaired) electrons. The molecule has 0 amide bonds. The highest BCUT2D eigenvalue weighted by molar-refractivity contribution is 8.14. The van der Waals surface area contributed by atoms with Gasteiger partial charge in [0.2, 0.25) is 4.90 Å². The van der Waals surface area contributed by atoms with Gasteiger partial charge in [0, 0.05) is 10.7 Å². The van der Waals surface area contributed by atoms with Gasteiger partial charge in [-0.05, 0) is 9.91 Å². The van der Waals surface area contributed by atoms with Crippen molar-refractivity contribution in [3.63, 3.8) is 0 Å². The smallest absolute Gasteiger partial charge is 0.404 e. The summed E-state index contributed by atoms with van der Waals surface area (Å²) < 4.78 is 74.1. The molecule has 7 nitrogen and oxygen atoms in total. The number of alkyl halides is 3. The lowest BCUT2D eigenvalue weighted by atomic mass is 10.4. The molecule has 0 saturated carbocycles. The number of nitro groups is 1. The van der Waals surface area contributed by atoms with Gasteiger partial charge in [-0.3, -0.25) is 0 Å². The second-order valence-corrected chi connectivity index (χ2v) is 5.34. The molecule has 106 valence electrons. The Morgan fingerprint density at radius 3 is 2.32 bits per heavy atom. The lowest BCUT2D eigenvalue weighted by molar-refractivity contribution is -0.393. The van der Waals surface area contributed by atoms with Gasteiger partial charge in [-0.1, -0.05) is 0 Å². The third kappa shape index (κ3) is 3.89. The SMILES string of the molecule is O=[N+]([O-])c1nc(F)cc(OC(F)(F)F)c1S(=O)(=O)Cl.